The molecule has 0 aliphatic carbocycles. The molecule has 2 aromatic rings. The van der Waals surface area contributed by atoms with Crippen molar-refractivity contribution in [2.75, 3.05) is 26.2 Å². The fourth-order valence-corrected chi connectivity index (χ4v) is 3.16. The van der Waals surface area contributed by atoms with Crippen LogP contribution in [0.5, 0.6) is 0 Å². The average molecular weight is 420 g/mol. The van der Waals surface area contributed by atoms with Gasteiger partial charge in [0, 0.05) is 37.9 Å². The Balaban J connectivity index is 1.89. The zero-order valence-corrected chi connectivity index (χ0v) is 16.1. The summed E-state index contributed by atoms with van der Waals surface area (Å²) in [4.78, 5) is 45.1. The van der Waals surface area contributed by atoms with Gasteiger partial charge in [-0.05, 0) is 36.4 Å². The molecule has 1 aliphatic rings. The first-order chi connectivity index (χ1) is 13.9. The SMILES string of the molecule is NCCNC(=O)C1N(C(=O)c2ccc(F)cc2)CCN1C(=O)c1ccc(Cl)nc1. The van der Waals surface area contributed by atoms with Crippen LogP contribution < -0.4 is 11.1 Å². The second-order valence-corrected chi connectivity index (χ2v) is 6.71. The number of amides is 3. The van der Waals surface area contributed by atoms with Crippen LogP contribution in [0.15, 0.2) is 42.6 Å². The molecule has 1 atom stereocenters. The zero-order valence-electron chi connectivity index (χ0n) is 15.3. The fraction of sp³-hybridized carbons (Fsp3) is 0.263. The monoisotopic (exact) mass is 419 g/mol. The molecule has 1 aromatic carbocycles. The van der Waals surface area contributed by atoms with Crippen LogP contribution in [-0.2, 0) is 4.79 Å². The van der Waals surface area contributed by atoms with E-state index >= 15 is 0 Å². The standard InChI is InChI=1S/C19H19ClFN5O3/c20-15-6-3-13(11-24-15)19(29)26-10-9-25(17(26)16(27)23-8-7-22)18(28)12-1-4-14(21)5-2-12/h1-6,11,17H,7-10,22H2,(H,23,27). The molecule has 3 rings (SSSR count). The molecule has 0 bridgehead atoms. The highest BCUT2D eigenvalue weighted by Crippen LogP contribution is 2.21. The number of benzene rings is 1. The third kappa shape index (κ3) is 4.52. The number of hydrogen-bond acceptors (Lipinski definition) is 5. The molecule has 1 aliphatic heterocycles. The Kier molecular flexibility index (Phi) is 6.40. The Morgan fingerprint density at radius 1 is 1.07 bits per heavy atom. The molecule has 1 unspecified atom stereocenters. The minimum absolute atomic E-state index is 0.143. The van der Waals surface area contributed by atoms with Crippen molar-refractivity contribution in [3.63, 3.8) is 0 Å². The van der Waals surface area contributed by atoms with Gasteiger partial charge in [-0.3, -0.25) is 14.4 Å². The Labute approximate surface area is 171 Å². The summed E-state index contributed by atoms with van der Waals surface area (Å²) in [5.41, 5.74) is 5.89. The Bertz CT molecular complexity index is 842. The number of hydrogen-bond donors (Lipinski definition) is 2. The van der Waals surface area contributed by atoms with Crippen molar-refractivity contribution in [2.24, 2.45) is 5.73 Å². The molecular formula is C19H19ClFN5O3. The normalized spacial score (nSPS) is 16.0. The lowest BCUT2D eigenvalue weighted by atomic mass is 10.2. The van der Waals surface area contributed by atoms with Gasteiger partial charge in [-0.25, -0.2) is 9.37 Å². The largest absolute Gasteiger partial charge is 0.351 e. The van der Waals surface area contributed by atoms with E-state index in [1.165, 1.54) is 40.3 Å². The lowest BCUT2D eigenvalue weighted by Crippen LogP contribution is -2.54. The van der Waals surface area contributed by atoms with E-state index in [9.17, 15) is 18.8 Å². The molecule has 8 nitrogen and oxygen atoms in total. The van der Waals surface area contributed by atoms with Gasteiger partial charge in [0.05, 0.1) is 5.56 Å². The highest BCUT2D eigenvalue weighted by Gasteiger charge is 2.43. The Morgan fingerprint density at radius 3 is 2.21 bits per heavy atom. The molecule has 1 aromatic heterocycles. The van der Waals surface area contributed by atoms with Crippen molar-refractivity contribution in [1.29, 1.82) is 0 Å². The predicted molar refractivity (Wildman–Crippen MR) is 104 cm³/mol. The molecule has 1 saturated heterocycles. The van der Waals surface area contributed by atoms with Crippen LogP contribution in [0.4, 0.5) is 4.39 Å². The van der Waals surface area contributed by atoms with Gasteiger partial charge in [0.2, 0.25) is 0 Å². The number of nitrogens with two attached hydrogens (primary N) is 1. The van der Waals surface area contributed by atoms with Crippen LogP contribution in [0.3, 0.4) is 0 Å². The van der Waals surface area contributed by atoms with Crippen LogP contribution in [0, 0.1) is 5.82 Å². The summed E-state index contributed by atoms with van der Waals surface area (Å²) < 4.78 is 13.2. The number of pyridine rings is 1. The van der Waals surface area contributed by atoms with Gasteiger partial charge < -0.3 is 20.9 Å². The molecule has 3 N–H and O–H groups in total. The van der Waals surface area contributed by atoms with Crippen molar-refractivity contribution in [2.45, 2.75) is 6.17 Å². The van der Waals surface area contributed by atoms with E-state index in [4.69, 9.17) is 17.3 Å². The number of nitrogens with zero attached hydrogens (tertiary/aromatic N) is 3. The van der Waals surface area contributed by atoms with Gasteiger partial charge in [-0.2, -0.15) is 0 Å². The summed E-state index contributed by atoms with van der Waals surface area (Å²) in [5.74, 6) is -1.95. The van der Waals surface area contributed by atoms with Crippen LogP contribution in [-0.4, -0.2) is 64.9 Å². The number of nitrogens with one attached hydrogen (secondary N) is 1. The molecule has 1 fully saturated rings. The first-order valence-corrected chi connectivity index (χ1v) is 9.27. The quantitative estimate of drug-likeness (QED) is 0.699. The van der Waals surface area contributed by atoms with Gasteiger partial charge >= 0.3 is 0 Å². The first kappa shape index (κ1) is 20.7. The van der Waals surface area contributed by atoms with Gasteiger partial charge in [0.25, 0.3) is 17.7 Å². The summed E-state index contributed by atoms with van der Waals surface area (Å²) in [5, 5.41) is 2.85. The fourth-order valence-electron chi connectivity index (χ4n) is 3.05. The van der Waals surface area contributed by atoms with E-state index in [2.05, 4.69) is 10.3 Å². The first-order valence-electron chi connectivity index (χ1n) is 8.89. The maximum Gasteiger partial charge on any atom is 0.263 e. The van der Waals surface area contributed by atoms with E-state index in [0.29, 0.717) is 0 Å². The van der Waals surface area contributed by atoms with Gasteiger partial charge in [-0.1, -0.05) is 11.6 Å². The van der Waals surface area contributed by atoms with Crippen molar-refractivity contribution in [3.05, 3.63) is 64.7 Å². The maximum absolute atomic E-state index is 13.2. The smallest absolute Gasteiger partial charge is 0.263 e. The van der Waals surface area contributed by atoms with E-state index in [0.717, 1.165) is 12.1 Å². The molecule has 3 amide bonds. The number of carbonyl (C=O) groups excluding carboxylic acids is 3. The van der Waals surface area contributed by atoms with E-state index in [1.807, 2.05) is 0 Å². The van der Waals surface area contributed by atoms with Gasteiger partial charge in [0.1, 0.15) is 11.0 Å². The topological polar surface area (TPSA) is 109 Å². The second kappa shape index (κ2) is 8.97. The zero-order chi connectivity index (χ0) is 21.0. The van der Waals surface area contributed by atoms with Crippen LogP contribution in [0.25, 0.3) is 0 Å². The third-order valence-electron chi connectivity index (χ3n) is 4.44. The van der Waals surface area contributed by atoms with Crippen molar-refractivity contribution >= 4 is 29.3 Å². The predicted octanol–water partition coefficient (Wildman–Crippen LogP) is 0.873. The molecule has 10 heteroatoms. The Hall–Kier alpha value is -3.04. The number of carbonyl (C=O) groups is 3. The van der Waals surface area contributed by atoms with E-state index in [-0.39, 0.29) is 42.5 Å². The molecule has 0 spiro atoms. The summed E-state index contributed by atoms with van der Waals surface area (Å²) in [6, 6.07) is 7.96. The summed E-state index contributed by atoms with van der Waals surface area (Å²) >= 11 is 5.76. The molecular weight excluding hydrogens is 401 g/mol. The van der Waals surface area contributed by atoms with Crippen LogP contribution in [0.2, 0.25) is 5.15 Å². The molecule has 0 radical (unpaired) electrons. The molecule has 0 saturated carbocycles. The van der Waals surface area contributed by atoms with E-state index in [1.54, 1.807) is 0 Å². The molecule has 2 heterocycles. The van der Waals surface area contributed by atoms with Crippen LogP contribution in [0.1, 0.15) is 20.7 Å². The second-order valence-electron chi connectivity index (χ2n) is 6.33. The maximum atomic E-state index is 13.2. The minimum Gasteiger partial charge on any atom is -0.351 e. The lowest BCUT2D eigenvalue weighted by molar-refractivity contribution is -0.128. The van der Waals surface area contributed by atoms with Crippen molar-refractivity contribution in [1.82, 2.24) is 20.1 Å². The minimum atomic E-state index is -1.16. The summed E-state index contributed by atoms with van der Waals surface area (Å²) in [7, 11) is 0. The summed E-state index contributed by atoms with van der Waals surface area (Å²) in [6.45, 7) is 0.691. The van der Waals surface area contributed by atoms with E-state index < -0.39 is 29.7 Å². The van der Waals surface area contributed by atoms with Gasteiger partial charge in [-0.15, -0.1) is 0 Å². The molecule has 29 heavy (non-hydrogen) atoms. The summed E-state index contributed by atoms with van der Waals surface area (Å²) in [6.07, 6.45) is 0.145. The number of rotatable bonds is 5. The average Bonchev–Trinajstić information content (AvgIpc) is 3.17. The Morgan fingerprint density at radius 2 is 1.66 bits per heavy atom. The number of aromatic nitrogens is 1. The third-order valence-corrected chi connectivity index (χ3v) is 4.66. The van der Waals surface area contributed by atoms with Crippen molar-refractivity contribution in [3.8, 4) is 0 Å². The van der Waals surface area contributed by atoms with Gasteiger partial charge in [0.15, 0.2) is 6.17 Å². The number of halogens is 2. The lowest BCUT2D eigenvalue weighted by Gasteiger charge is -2.29. The van der Waals surface area contributed by atoms with Crippen molar-refractivity contribution < 1.29 is 18.8 Å². The highest BCUT2D eigenvalue weighted by atomic mass is 35.5. The molecule has 152 valence electrons. The highest BCUT2D eigenvalue weighted by molar-refractivity contribution is 6.29. The van der Waals surface area contributed by atoms with Crippen LogP contribution >= 0.6 is 11.6 Å².